The number of aliphatic hydroxyl groups is 1. The molecule has 27 heavy (non-hydrogen) atoms. The average Bonchev–Trinajstić information content (AvgIpc) is 3.14. The predicted octanol–water partition coefficient (Wildman–Crippen LogP) is 4.01. The standard InChI is InChI=1S/C21H25BrFNO3/c22-17-6-8-20(9-7-17)27-15-19(25)13-24(14-21-5-2-10-26-21)12-16-3-1-4-18(23)11-16/h1,3-4,6-9,11,19,21,25H,2,5,10,12-15H2. The van der Waals surface area contributed by atoms with Gasteiger partial charge in [0.25, 0.3) is 0 Å². The van der Waals surface area contributed by atoms with Crippen LogP contribution in [0.1, 0.15) is 18.4 Å². The minimum absolute atomic E-state index is 0.165. The number of hydrogen-bond acceptors (Lipinski definition) is 4. The molecule has 2 aromatic carbocycles. The molecule has 1 fully saturated rings. The normalized spacial score (nSPS) is 18.0. The fourth-order valence-corrected chi connectivity index (χ4v) is 3.51. The van der Waals surface area contributed by atoms with Crippen LogP contribution in [0.5, 0.6) is 5.75 Å². The molecule has 0 aromatic heterocycles. The Labute approximate surface area is 168 Å². The van der Waals surface area contributed by atoms with Crippen LogP contribution in [-0.2, 0) is 11.3 Å². The van der Waals surface area contributed by atoms with Gasteiger partial charge in [-0.3, -0.25) is 4.90 Å². The summed E-state index contributed by atoms with van der Waals surface area (Å²) in [6.07, 6.45) is 1.60. The molecule has 0 aliphatic carbocycles. The van der Waals surface area contributed by atoms with E-state index in [1.807, 2.05) is 30.3 Å². The summed E-state index contributed by atoms with van der Waals surface area (Å²) in [5.41, 5.74) is 0.883. The van der Waals surface area contributed by atoms with Crippen LogP contribution in [0.2, 0.25) is 0 Å². The Morgan fingerprint density at radius 3 is 2.78 bits per heavy atom. The molecule has 2 atom stereocenters. The summed E-state index contributed by atoms with van der Waals surface area (Å²) >= 11 is 3.39. The summed E-state index contributed by atoms with van der Waals surface area (Å²) in [5.74, 6) is 0.469. The molecular formula is C21H25BrFNO3. The second-order valence-electron chi connectivity index (χ2n) is 6.88. The van der Waals surface area contributed by atoms with Crippen LogP contribution in [0.15, 0.2) is 53.0 Å². The van der Waals surface area contributed by atoms with Gasteiger partial charge in [0, 0.05) is 30.7 Å². The van der Waals surface area contributed by atoms with E-state index in [2.05, 4.69) is 20.8 Å². The lowest BCUT2D eigenvalue weighted by molar-refractivity contribution is 0.0313. The van der Waals surface area contributed by atoms with E-state index < -0.39 is 6.10 Å². The van der Waals surface area contributed by atoms with Gasteiger partial charge >= 0.3 is 0 Å². The number of rotatable bonds is 9. The fraction of sp³-hybridized carbons (Fsp3) is 0.429. The van der Waals surface area contributed by atoms with Gasteiger partial charge < -0.3 is 14.6 Å². The van der Waals surface area contributed by atoms with Crippen LogP contribution < -0.4 is 4.74 Å². The minimum Gasteiger partial charge on any atom is -0.491 e. The van der Waals surface area contributed by atoms with Crippen molar-refractivity contribution < 1.29 is 19.0 Å². The molecule has 0 bridgehead atoms. The topological polar surface area (TPSA) is 41.9 Å². The zero-order valence-electron chi connectivity index (χ0n) is 15.2. The molecule has 0 radical (unpaired) electrons. The molecule has 2 aromatic rings. The van der Waals surface area contributed by atoms with Crippen molar-refractivity contribution in [3.63, 3.8) is 0 Å². The van der Waals surface area contributed by atoms with Gasteiger partial charge in [0.05, 0.1) is 6.10 Å². The molecule has 1 N–H and O–H groups in total. The van der Waals surface area contributed by atoms with E-state index in [4.69, 9.17) is 9.47 Å². The Morgan fingerprint density at radius 1 is 1.26 bits per heavy atom. The summed E-state index contributed by atoms with van der Waals surface area (Å²) in [4.78, 5) is 2.11. The molecule has 0 amide bonds. The van der Waals surface area contributed by atoms with Crippen molar-refractivity contribution in [1.29, 1.82) is 0 Å². The third-order valence-electron chi connectivity index (χ3n) is 4.51. The first-order valence-corrected chi connectivity index (χ1v) is 10.0. The first-order valence-electron chi connectivity index (χ1n) is 9.23. The van der Waals surface area contributed by atoms with E-state index in [0.29, 0.717) is 25.4 Å². The molecule has 146 valence electrons. The lowest BCUT2D eigenvalue weighted by atomic mass is 10.1. The van der Waals surface area contributed by atoms with Crippen molar-refractivity contribution in [3.05, 3.63) is 64.4 Å². The third-order valence-corrected chi connectivity index (χ3v) is 5.03. The SMILES string of the molecule is OC(COc1ccc(Br)cc1)CN(Cc1cccc(F)c1)CC1CCCO1. The van der Waals surface area contributed by atoms with Gasteiger partial charge in [0.1, 0.15) is 24.3 Å². The van der Waals surface area contributed by atoms with E-state index >= 15 is 0 Å². The first-order chi connectivity index (χ1) is 13.1. The highest BCUT2D eigenvalue weighted by molar-refractivity contribution is 9.10. The Bertz CT molecular complexity index is 707. The van der Waals surface area contributed by atoms with E-state index in [0.717, 1.165) is 29.5 Å². The number of aliphatic hydroxyl groups excluding tert-OH is 1. The van der Waals surface area contributed by atoms with Gasteiger partial charge in [0.15, 0.2) is 0 Å². The summed E-state index contributed by atoms with van der Waals surface area (Å²) < 4.78 is 25.9. The first kappa shape index (κ1) is 20.3. The van der Waals surface area contributed by atoms with Crippen molar-refractivity contribution in [2.75, 3.05) is 26.3 Å². The highest BCUT2D eigenvalue weighted by atomic mass is 79.9. The highest BCUT2D eigenvalue weighted by Gasteiger charge is 2.21. The molecule has 1 heterocycles. The van der Waals surface area contributed by atoms with E-state index in [-0.39, 0.29) is 18.5 Å². The number of benzene rings is 2. The maximum absolute atomic E-state index is 13.5. The molecular weight excluding hydrogens is 413 g/mol. The van der Waals surface area contributed by atoms with Crippen LogP contribution in [0.4, 0.5) is 4.39 Å². The predicted molar refractivity (Wildman–Crippen MR) is 106 cm³/mol. The lowest BCUT2D eigenvalue weighted by Gasteiger charge is -2.27. The van der Waals surface area contributed by atoms with Gasteiger partial charge in [-0.2, -0.15) is 0 Å². The summed E-state index contributed by atoms with van der Waals surface area (Å²) in [6.45, 7) is 2.70. The van der Waals surface area contributed by atoms with Crippen molar-refractivity contribution in [3.8, 4) is 5.75 Å². The third kappa shape index (κ3) is 6.88. The van der Waals surface area contributed by atoms with Gasteiger partial charge in [-0.05, 0) is 54.8 Å². The lowest BCUT2D eigenvalue weighted by Crippen LogP contribution is -2.39. The number of ether oxygens (including phenoxy) is 2. The summed E-state index contributed by atoms with van der Waals surface area (Å²) in [6, 6.07) is 14.1. The molecule has 1 aliphatic rings. The Kier molecular flexibility index (Phi) is 7.64. The molecule has 1 aliphatic heterocycles. The minimum atomic E-state index is -0.649. The molecule has 2 unspecified atom stereocenters. The number of halogens is 2. The van der Waals surface area contributed by atoms with Crippen LogP contribution in [0.3, 0.4) is 0 Å². The van der Waals surface area contributed by atoms with E-state index in [1.54, 1.807) is 6.07 Å². The molecule has 6 heteroatoms. The largest absolute Gasteiger partial charge is 0.491 e. The second kappa shape index (κ2) is 10.2. The zero-order chi connectivity index (χ0) is 19.1. The van der Waals surface area contributed by atoms with Gasteiger partial charge in [-0.15, -0.1) is 0 Å². The Balaban J connectivity index is 1.56. The van der Waals surface area contributed by atoms with Gasteiger partial charge in [0.2, 0.25) is 0 Å². The zero-order valence-corrected chi connectivity index (χ0v) is 16.8. The van der Waals surface area contributed by atoms with Crippen LogP contribution >= 0.6 is 15.9 Å². The number of hydrogen-bond donors (Lipinski definition) is 1. The number of nitrogens with zero attached hydrogens (tertiary/aromatic N) is 1. The van der Waals surface area contributed by atoms with Gasteiger partial charge in [-0.25, -0.2) is 4.39 Å². The monoisotopic (exact) mass is 437 g/mol. The van der Waals surface area contributed by atoms with Gasteiger partial charge in [-0.1, -0.05) is 28.1 Å². The van der Waals surface area contributed by atoms with Crippen LogP contribution in [-0.4, -0.2) is 48.5 Å². The molecule has 0 saturated carbocycles. The molecule has 1 saturated heterocycles. The molecule has 3 rings (SSSR count). The maximum atomic E-state index is 13.5. The summed E-state index contributed by atoms with van der Waals surface area (Å²) in [7, 11) is 0. The fourth-order valence-electron chi connectivity index (χ4n) is 3.25. The van der Waals surface area contributed by atoms with E-state index in [1.165, 1.54) is 12.1 Å². The quantitative estimate of drug-likeness (QED) is 0.643. The molecule has 4 nitrogen and oxygen atoms in total. The molecule has 0 spiro atoms. The van der Waals surface area contributed by atoms with Crippen molar-refractivity contribution in [2.24, 2.45) is 0 Å². The maximum Gasteiger partial charge on any atom is 0.123 e. The Hall–Kier alpha value is -1.47. The van der Waals surface area contributed by atoms with Crippen molar-refractivity contribution in [2.45, 2.75) is 31.6 Å². The van der Waals surface area contributed by atoms with Crippen molar-refractivity contribution >= 4 is 15.9 Å². The second-order valence-corrected chi connectivity index (χ2v) is 7.79. The smallest absolute Gasteiger partial charge is 0.123 e. The van der Waals surface area contributed by atoms with Crippen LogP contribution in [0.25, 0.3) is 0 Å². The summed E-state index contributed by atoms with van der Waals surface area (Å²) in [5, 5.41) is 10.5. The highest BCUT2D eigenvalue weighted by Crippen LogP contribution is 2.18. The van der Waals surface area contributed by atoms with Crippen molar-refractivity contribution in [1.82, 2.24) is 4.90 Å². The van der Waals surface area contributed by atoms with Crippen LogP contribution in [0, 0.1) is 5.82 Å². The average molecular weight is 438 g/mol. The Morgan fingerprint density at radius 2 is 2.07 bits per heavy atom. The van der Waals surface area contributed by atoms with E-state index in [9.17, 15) is 9.50 Å².